The van der Waals surface area contributed by atoms with Gasteiger partial charge in [-0.15, -0.1) is 13.2 Å². The van der Waals surface area contributed by atoms with Crippen molar-refractivity contribution in [2.45, 2.75) is 19.5 Å². The average molecular weight is 501 g/mol. The van der Waals surface area contributed by atoms with Crippen molar-refractivity contribution in [3.8, 4) is 11.4 Å². The minimum atomic E-state index is -5.04. The van der Waals surface area contributed by atoms with Crippen molar-refractivity contribution in [2.24, 2.45) is 5.92 Å². The first kappa shape index (κ1) is 24.6. The summed E-state index contributed by atoms with van der Waals surface area (Å²) in [5.74, 6) is -1.13. The molecule has 0 bridgehead atoms. The zero-order valence-electron chi connectivity index (χ0n) is 18.4. The van der Waals surface area contributed by atoms with Gasteiger partial charge in [-0.3, -0.25) is 0 Å². The monoisotopic (exact) mass is 501 g/mol. The van der Waals surface area contributed by atoms with Crippen molar-refractivity contribution in [1.82, 2.24) is 9.05 Å². The van der Waals surface area contributed by atoms with Crippen molar-refractivity contribution < 1.29 is 45.4 Å². The topological polar surface area (TPSA) is 57.5 Å². The predicted molar refractivity (Wildman–Crippen MR) is 113 cm³/mol. The van der Waals surface area contributed by atoms with E-state index in [1.807, 2.05) is 0 Å². The summed E-state index contributed by atoms with van der Waals surface area (Å²) in [5.41, 5.74) is 0.103. The molecule has 0 saturated carbocycles. The fourth-order valence-corrected chi connectivity index (χ4v) is 4.40. The zero-order valence-corrected chi connectivity index (χ0v) is 18.4. The number of carbonyl (C=O) groups excluding carboxylic acids is 2. The highest BCUT2D eigenvalue weighted by atomic mass is 19.4. The fraction of sp³-hybridized carbons (Fsp3) is 0.304. The van der Waals surface area contributed by atoms with Crippen LogP contribution in [0.5, 0.6) is 5.75 Å². The number of nitrogens with zero attached hydrogens (tertiary/aromatic N) is 2. The lowest BCUT2D eigenvalue weighted by Gasteiger charge is -2.43. The number of aldehydes is 1. The molecule has 0 aliphatic carbocycles. The van der Waals surface area contributed by atoms with Crippen LogP contribution in [0.2, 0.25) is 0 Å². The Kier molecular flexibility index (Phi) is 5.82. The number of rotatable bonds is 4. The third-order valence-electron chi connectivity index (χ3n) is 6.02. The van der Waals surface area contributed by atoms with Gasteiger partial charge in [-0.25, -0.2) is 0 Å². The maximum Gasteiger partial charge on any atom is 0.573 e. The Morgan fingerprint density at radius 2 is 1.77 bits per heavy atom. The molecule has 1 saturated heterocycles. The number of likely N-dealkylation sites (tertiary alicyclic amines) is 1. The third-order valence-corrected chi connectivity index (χ3v) is 6.02. The number of methoxy groups -OCH3 is 1. The number of aryl methyl sites for hydroxylation is 1. The summed E-state index contributed by atoms with van der Waals surface area (Å²) in [4.78, 5) is 23.8. The summed E-state index contributed by atoms with van der Waals surface area (Å²) >= 11 is 0. The van der Waals surface area contributed by atoms with Crippen molar-refractivity contribution >= 4 is 29.0 Å². The summed E-state index contributed by atoms with van der Waals surface area (Å²) in [6, 6.07) is 6.59. The number of benzene rings is 2. The summed E-state index contributed by atoms with van der Waals surface area (Å²) in [5, 5.41) is 0.255. The van der Waals surface area contributed by atoms with Gasteiger partial charge in [0.15, 0.2) is 0 Å². The van der Waals surface area contributed by atoms with Crippen LogP contribution in [0.15, 0.2) is 42.6 Å². The van der Waals surface area contributed by atoms with Crippen molar-refractivity contribution in [3.63, 3.8) is 0 Å². The Morgan fingerprint density at radius 1 is 1.09 bits per heavy atom. The molecule has 0 atom stereocenters. The first-order chi connectivity index (χ1) is 16.3. The van der Waals surface area contributed by atoms with Gasteiger partial charge < -0.3 is 18.8 Å². The summed E-state index contributed by atoms with van der Waals surface area (Å²) in [6.45, 7) is 1.53. The summed E-state index contributed by atoms with van der Waals surface area (Å²) in [7, 11) is 1.12. The van der Waals surface area contributed by atoms with E-state index in [9.17, 15) is 35.9 Å². The van der Waals surface area contributed by atoms with E-state index in [2.05, 4.69) is 4.74 Å². The van der Waals surface area contributed by atoms with Gasteiger partial charge in [-0.1, -0.05) is 0 Å². The lowest BCUT2D eigenvalue weighted by atomic mass is 9.96. The van der Waals surface area contributed by atoms with Crippen molar-refractivity contribution in [2.75, 3.05) is 20.2 Å². The van der Waals surface area contributed by atoms with E-state index in [1.54, 1.807) is 6.92 Å². The normalized spacial score (nSPS) is 20.4. The second-order valence-corrected chi connectivity index (χ2v) is 8.34. The van der Waals surface area contributed by atoms with Gasteiger partial charge in [0.2, 0.25) is 0 Å². The number of aromatic nitrogens is 1. The first-order valence-electron chi connectivity index (χ1n) is 10.3. The molecule has 1 aliphatic rings. The molecule has 4 rings (SSSR count). The highest BCUT2D eigenvalue weighted by Gasteiger charge is 2.54. The van der Waals surface area contributed by atoms with E-state index in [4.69, 9.17) is 4.74 Å². The van der Waals surface area contributed by atoms with E-state index in [0.717, 1.165) is 31.4 Å². The number of ether oxygens (including phenoxy) is 2. The number of carbonyl (C=O) groups is 2. The lowest BCUT2D eigenvalue weighted by Crippen LogP contribution is -2.68. The minimum Gasteiger partial charge on any atom is -0.423 e. The van der Waals surface area contributed by atoms with Gasteiger partial charge >= 0.3 is 18.6 Å². The molecule has 35 heavy (non-hydrogen) atoms. The van der Waals surface area contributed by atoms with Gasteiger partial charge in [0, 0.05) is 29.8 Å². The Hall–Kier alpha value is -3.54. The number of alkyl halides is 6. The van der Waals surface area contributed by atoms with E-state index in [1.165, 1.54) is 22.9 Å². The van der Waals surface area contributed by atoms with Crippen LogP contribution in [-0.2, 0) is 15.7 Å². The lowest BCUT2D eigenvalue weighted by molar-refractivity contribution is -0.274. The highest BCUT2D eigenvalue weighted by Crippen LogP contribution is 2.40. The van der Waals surface area contributed by atoms with Crippen LogP contribution < -0.4 is 9.22 Å². The smallest absolute Gasteiger partial charge is 0.423 e. The van der Waals surface area contributed by atoms with Crippen LogP contribution in [0.4, 0.5) is 36.8 Å². The SMILES string of the molecule is COC(=O)[N+]1(c2cc(OC(F)(F)F)cc(-n3cc(C)c4cc(C(F)(F)F)ccc43)c2)CC(C=O)C1. The van der Waals surface area contributed by atoms with E-state index in [-0.39, 0.29) is 29.9 Å². The fourth-order valence-electron chi connectivity index (χ4n) is 4.40. The Labute approximate surface area is 194 Å². The molecule has 1 amide bonds. The molecule has 3 aromatic rings. The number of hydrogen-bond donors (Lipinski definition) is 0. The summed E-state index contributed by atoms with van der Waals surface area (Å²) in [6.07, 6.45) is -8.25. The number of amides is 1. The van der Waals surface area contributed by atoms with E-state index in [0.29, 0.717) is 17.4 Å². The number of quaternary nitrogens is 1. The van der Waals surface area contributed by atoms with Crippen molar-refractivity contribution in [1.29, 1.82) is 0 Å². The summed E-state index contributed by atoms with van der Waals surface area (Å²) < 4.78 is 88.6. The van der Waals surface area contributed by atoms with Gasteiger partial charge in [0.25, 0.3) is 0 Å². The number of halogens is 6. The first-order valence-corrected chi connectivity index (χ1v) is 10.3. The molecule has 0 unspecified atom stereocenters. The molecule has 0 spiro atoms. The maximum atomic E-state index is 13.2. The Bertz CT molecular complexity index is 1310. The predicted octanol–water partition coefficient (Wildman–Crippen LogP) is 5.76. The quantitative estimate of drug-likeness (QED) is 0.259. The van der Waals surface area contributed by atoms with E-state index < -0.39 is 40.3 Å². The molecule has 1 fully saturated rings. The van der Waals surface area contributed by atoms with Crippen LogP contribution in [-0.4, -0.2) is 43.5 Å². The molecular formula is C23H19F6N2O4+. The molecule has 12 heteroatoms. The van der Waals surface area contributed by atoms with Gasteiger partial charge in [0.1, 0.15) is 36.7 Å². The highest BCUT2D eigenvalue weighted by molar-refractivity contribution is 5.88. The largest absolute Gasteiger partial charge is 0.573 e. The second kappa shape index (κ2) is 8.29. The zero-order chi connectivity index (χ0) is 25.8. The molecule has 2 heterocycles. The van der Waals surface area contributed by atoms with Gasteiger partial charge in [-0.2, -0.15) is 22.4 Å². The van der Waals surface area contributed by atoms with Crippen LogP contribution in [0.25, 0.3) is 16.6 Å². The molecule has 0 radical (unpaired) electrons. The molecule has 1 aromatic heterocycles. The molecule has 6 nitrogen and oxygen atoms in total. The average Bonchev–Trinajstić information content (AvgIpc) is 3.07. The minimum absolute atomic E-state index is 0.0223. The molecule has 1 aliphatic heterocycles. The van der Waals surface area contributed by atoms with Crippen LogP contribution in [0, 0.1) is 12.8 Å². The molecule has 2 aromatic carbocycles. The third kappa shape index (κ3) is 4.45. The van der Waals surface area contributed by atoms with Crippen LogP contribution in [0.1, 0.15) is 11.1 Å². The van der Waals surface area contributed by atoms with Crippen molar-refractivity contribution in [3.05, 3.63) is 53.7 Å². The standard InChI is InChI=1S/C23H19F6N2O4/c1-13-9-30(20-4-3-15(5-19(13)20)22(24,25)26)16-6-17(8-18(7-16)35-23(27,28)29)31(21(33)34-2)10-14(11-31)12-32/h3-9,12,14H,10-11H2,1-2H3/q+1. The molecule has 0 N–H and O–H groups in total. The molecule has 186 valence electrons. The second-order valence-electron chi connectivity index (χ2n) is 8.34. The van der Waals surface area contributed by atoms with Crippen LogP contribution in [0.3, 0.4) is 0 Å². The Morgan fingerprint density at radius 3 is 2.34 bits per heavy atom. The number of hydrogen-bond acceptors (Lipinski definition) is 4. The van der Waals surface area contributed by atoms with E-state index >= 15 is 0 Å². The molecular weight excluding hydrogens is 482 g/mol. The van der Waals surface area contributed by atoms with Crippen LogP contribution >= 0.6 is 0 Å². The van der Waals surface area contributed by atoms with Gasteiger partial charge in [-0.05, 0) is 30.7 Å². The Balaban J connectivity index is 1.91. The maximum absolute atomic E-state index is 13.2. The number of fused-ring (bicyclic) bond motifs is 1. The van der Waals surface area contributed by atoms with Gasteiger partial charge in [0.05, 0.1) is 23.9 Å².